The Morgan fingerprint density at radius 1 is 1.21 bits per heavy atom. The number of nitrogens with zero attached hydrogens (tertiary/aromatic N) is 3. The van der Waals surface area contributed by atoms with Crippen molar-refractivity contribution in [1.82, 2.24) is 14.9 Å². The number of carbonyl (C=O) groups excluding carboxylic acids is 1. The third-order valence-corrected chi connectivity index (χ3v) is 6.73. The second-order valence-corrected chi connectivity index (χ2v) is 8.52. The van der Waals surface area contributed by atoms with E-state index in [2.05, 4.69) is 23.2 Å². The molecule has 3 heterocycles. The highest BCUT2D eigenvalue weighted by Gasteiger charge is 2.29. The lowest BCUT2D eigenvalue weighted by molar-refractivity contribution is 0.0711. The quantitative estimate of drug-likeness (QED) is 0.683. The number of aryl methyl sites for hydroxylation is 2. The van der Waals surface area contributed by atoms with Gasteiger partial charge in [-0.05, 0) is 38.8 Å². The van der Waals surface area contributed by atoms with E-state index in [0.29, 0.717) is 5.92 Å². The molecule has 1 aliphatic heterocycles. The number of para-hydroxylation sites is 1. The molecule has 1 aliphatic rings. The second-order valence-electron chi connectivity index (χ2n) is 6.26. The van der Waals surface area contributed by atoms with Crippen LogP contribution in [0.4, 0.5) is 0 Å². The van der Waals surface area contributed by atoms with Crippen molar-refractivity contribution < 1.29 is 4.79 Å². The number of aromatic nitrogens is 2. The molecule has 0 spiro atoms. The molecule has 4 rings (SSSR count). The molecule has 0 aliphatic carbocycles. The average Bonchev–Trinajstić information content (AvgIpc) is 3.17. The zero-order chi connectivity index (χ0) is 16.7. The Kier molecular flexibility index (Phi) is 4.10. The van der Waals surface area contributed by atoms with Gasteiger partial charge in [0.1, 0.15) is 4.88 Å². The fourth-order valence-corrected chi connectivity index (χ4v) is 5.28. The first-order valence-corrected chi connectivity index (χ1v) is 9.84. The number of fused-ring (bicyclic) bond motifs is 1. The van der Waals surface area contributed by atoms with Gasteiger partial charge < -0.3 is 4.90 Å². The van der Waals surface area contributed by atoms with Crippen LogP contribution in [0.3, 0.4) is 0 Å². The lowest BCUT2D eigenvalue weighted by atomic mass is 9.98. The van der Waals surface area contributed by atoms with E-state index >= 15 is 0 Å². The summed E-state index contributed by atoms with van der Waals surface area (Å²) in [6.45, 7) is 5.46. The molecule has 6 heteroatoms. The molecule has 0 saturated carbocycles. The lowest BCUT2D eigenvalue weighted by Crippen LogP contribution is -2.39. The van der Waals surface area contributed by atoms with Crippen molar-refractivity contribution in [2.45, 2.75) is 32.6 Å². The van der Waals surface area contributed by atoms with Gasteiger partial charge in [-0.25, -0.2) is 9.97 Å². The Bertz CT molecular complexity index is 866. The molecule has 1 amide bonds. The van der Waals surface area contributed by atoms with Gasteiger partial charge in [0.2, 0.25) is 0 Å². The summed E-state index contributed by atoms with van der Waals surface area (Å²) >= 11 is 3.26. The zero-order valence-electron chi connectivity index (χ0n) is 13.8. The molecule has 24 heavy (non-hydrogen) atoms. The molecular formula is C18H19N3OS2. The molecule has 124 valence electrons. The van der Waals surface area contributed by atoms with Crippen molar-refractivity contribution in [3.05, 3.63) is 44.9 Å². The Morgan fingerprint density at radius 3 is 2.79 bits per heavy atom. The number of amides is 1. The number of piperidine rings is 1. The summed E-state index contributed by atoms with van der Waals surface area (Å²) < 4.78 is 1.23. The minimum atomic E-state index is 0.129. The minimum Gasteiger partial charge on any atom is -0.337 e. The summed E-state index contributed by atoms with van der Waals surface area (Å²) in [4.78, 5) is 24.8. The predicted octanol–water partition coefficient (Wildman–Crippen LogP) is 4.39. The highest BCUT2D eigenvalue weighted by molar-refractivity contribution is 7.18. The average molecular weight is 358 g/mol. The molecule has 1 fully saturated rings. The first-order chi connectivity index (χ1) is 11.6. The molecule has 1 saturated heterocycles. The molecule has 1 aromatic carbocycles. The van der Waals surface area contributed by atoms with Crippen LogP contribution in [0.1, 0.15) is 44.1 Å². The smallest absolute Gasteiger partial charge is 0.265 e. The first kappa shape index (κ1) is 15.7. The van der Waals surface area contributed by atoms with E-state index < -0.39 is 0 Å². The van der Waals surface area contributed by atoms with Crippen LogP contribution in [0, 0.1) is 13.8 Å². The summed E-state index contributed by atoms with van der Waals surface area (Å²) in [6, 6.07) is 8.25. The van der Waals surface area contributed by atoms with Crippen molar-refractivity contribution in [3.63, 3.8) is 0 Å². The standard InChI is InChI=1S/C18H19N3OS2/c1-11-16(23-12(2)19-11)18(22)21-9-5-6-13(10-21)17-20-14-7-3-4-8-15(14)24-17/h3-4,7-8,13H,5-6,9-10H2,1-2H3/t13-/m0/s1. The van der Waals surface area contributed by atoms with Crippen molar-refractivity contribution in [2.75, 3.05) is 13.1 Å². The molecule has 0 bridgehead atoms. The number of thiazole rings is 2. The van der Waals surface area contributed by atoms with Crippen LogP contribution in [-0.4, -0.2) is 33.9 Å². The highest BCUT2D eigenvalue weighted by Crippen LogP contribution is 2.33. The number of benzene rings is 1. The SMILES string of the molecule is Cc1nc(C)c(C(=O)N2CCC[C@H](c3nc4ccccc4s3)C2)s1. The highest BCUT2D eigenvalue weighted by atomic mass is 32.1. The minimum absolute atomic E-state index is 0.129. The summed E-state index contributed by atoms with van der Waals surface area (Å²) in [7, 11) is 0. The number of likely N-dealkylation sites (tertiary alicyclic amines) is 1. The largest absolute Gasteiger partial charge is 0.337 e. The van der Waals surface area contributed by atoms with E-state index in [-0.39, 0.29) is 5.91 Å². The van der Waals surface area contributed by atoms with Gasteiger partial charge in [-0.1, -0.05) is 12.1 Å². The summed E-state index contributed by atoms with van der Waals surface area (Å²) in [5.41, 5.74) is 1.92. The number of rotatable bonds is 2. The monoisotopic (exact) mass is 357 g/mol. The summed E-state index contributed by atoms with van der Waals surface area (Å²) in [6.07, 6.45) is 2.13. The molecule has 0 radical (unpaired) electrons. The van der Waals surface area contributed by atoms with Gasteiger partial charge >= 0.3 is 0 Å². The number of hydrogen-bond donors (Lipinski definition) is 0. The molecule has 1 atom stereocenters. The summed E-state index contributed by atoms with van der Waals surface area (Å²) in [5, 5.41) is 2.11. The van der Waals surface area contributed by atoms with Crippen LogP contribution in [-0.2, 0) is 0 Å². The van der Waals surface area contributed by atoms with Gasteiger partial charge in [-0.15, -0.1) is 22.7 Å². The Hall–Kier alpha value is -1.79. The Morgan fingerprint density at radius 2 is 2.04 bits per heavy atom. The van der Waals surface area contributed by atoms with E-state index in [0.717, 1.165) is 52.0 Å². The van der Waals surface area contributed by atoms with E-state index in [4.69, 9.17) is 4.98 Å². The number of carbonyl (C=O) groups is 1. The predicted molar refractivity (Wildman–Crippen MR) is 99.1 cm³/mol. The molecular weight excluding hydrogens is 338 g/mol. The van der Waals surface area contributed by atoms with Crippen LogP contribution < -0.4 is 0 Å². The van der Waals surface area contributed by atoms with Crippen LogP contribution in [0.25, 0.3) is 10.2 Å². The maximum atomic E-state index is 12.9. The van der Waals surface area contributed by atoms with Gasteiger partial charge in [0.05, 0.1) is 25.9 Å². The molecule has 0 unspecified atom stereocenters. The summed E-state index contributed by atoms with van der Waals surface area (Å²) in [5.74, 6) is 0.471. The maximum Gasteiger partial charge on any atom is 0.265 e. The van der Waals surface area contributed by atoms with Crippen molar-refractivity contribution in [2.24, 2.45) is 0 Å². The normalized spacial score (nSPS) is 18.2. The van der Waals surface area contributed by atoms with Gasteiger partial charge in [-0.3, -0.25) is 4.79 Å². The second kappa shape index (κ2) is 6.26. The van der Waals surface area contributed by atoms with Crippen LogP contribution in [0.2, 0.25) is 0 Å². The lowest BCUT2D eigenvalue weighted by Gasteiger charge is -2.31. The van der Waals surface area contributed by atoms with Gasteiger partial charge in [0.25, 0.3) is 5.91 Å². The van der Waals surface area contributed by atoms with Crippen LogP contribution in [0.15, 0.2) is 24.3 Å². The fourth-order valence-electron chi connectivity index (χ4n) is 3.30. The topological polar surface area (TPSA) is 46.1 Å². The van der Waals surface area contributed by atoms with Crippen molar-refractivity contribution >= 4 is 38.8 Å². The zero-order valence-corrected chi connectivity index (χ0v) is 15.4. The van der Waals surface area contributed by atoms with E-state index in [1.807, 2.05) is 24.8 Å². The molecule has 2 aromatic heterocycles. The van der Waals surface area contributed by atoms with Crippen LogP contribution >= 0.6 is 22.7 Å². The third-order valence-electron chi connectivity index (χ3n) is 4.47. The Labute approximate surface area is 149 Å². The molecule has 0 N–H and O–H groups in total. The van der Waals surface area contributed by atoms with Crippen molar-refractivity contribution in [1.29, 1.82) is 0 Å². The first-order valence-electron chi connectivity index (χ1n) is 8.20. The van der Waals surface area contributed by atoms with Crippen LogP contribution in [0.5, 0.6) is 0 Å². The fraction of sp³-hybridized carbons (Fsp3) is 0.389. The Balaban J connectivity index is 1.57. The maximum absolute atomic E-state index is 12.9. The van der Waals surface area contributed by atoms with Gasteiger partial charge in [0, 0.05) is 19.0 Å². The molecule has 4 nitrogen and oxygen atoms in total. The molecule has 3 aromatic rings. The van der Waals surface area contributed by atoms with E-state index in [1.54, 1.807) is 11.3 Å². The number of hydrogen-bond acceptors (Lipinski definition) is 5. The third kappa shape index (κ3) is 2.84. The van der Waals surface area contributed by atoms with E-state index in [1.165, 1.54) is 16.0 Å². The van der Waals surface area contributed by atoms with Gasteiger partial charge in [0.15, 0.2) is 0 Å². The van der Waals surface area contributed by atoms with Gasteiger partial charge in [-0.2, -0.15) is 0 Å². The van der Waals surface area contributed by atoms with E-state index in [9.17, 15) is 4.79 Å². The van der Waals surface area contributed by atoms with Crippen molar-refractivity contribution in [3.8, 4) is 0 Å².